The third kappa shape index (κ3) is 6.27. The monoisotopic (exact) mass is 423 g/mol. The minimum atomic E-state index is -3.80. The van der Waals surface area contributed by atoms with Crippen LogP contribution in [0.1, 0.15) is 46.1 Å². The summed E-state index contributed by atoms with van der Waals surface area (Å²) in [6.07, 6.45) is 1.33. The third-order valence-electron chi connectivity index (χ3n) is 5.21. The topological polar surface area (TPSA) is 95.6 Å². The molecule has 0 radical (unpaired) electrons. The number of amides is 2. The van der Waals surface area contributed by atoms with Gasteiger partial charge in [0.2, 0.25) is 21.8 Å². The van der Waals surface area contributed by atoms with Crippen molar-refractivity contribution in [2.75, 3.05) is 13.1 Å². The van der Waals surface area contributed by atoms with Crippen LogP contribution in [-0.2, 0) is 19.6 Å². The van der Waals surface area contributed by atoms with Gasteiger partial charge in [0.15, 0.2) is 0 Å². The minimum absolute atomic E-state index is 0.0392. The van der Waals surface area contributed by atoms with Crippen molar-refractivity contribution in [2.45, 2.75) is 64.4 Å². The fourth-order valence-corrected chi connectivity index (χ4v) is 4.69. The zero-order valence-corrected chi connectivity index (χ0v) is 18.8. The molecule has 1 aromatic rings. The molecule has 1 atom stereocenters. The summed E-state index contributed by atoms with van der Waals surface area (Å²) in [5.41, 5.74) is 0.962. The highest BCUT2D eigenvalue weighted by Crippen LogP contribution is 2.16. The zero-order chi connectivity index (χ0) is 21.8. The number of hydrogen-bond donors (Lipinski definition) is 2. The summed E-state index contributed by atoms with van der Waals surface area (Å²) >= 11 is 0. The Bertz CT molecular complexity index is 811. The van der Waals surface area contributed by atoms with E-state index in [-0.39, 0.29) is 34.6 Å². The minimum Gasteiger partial charge on any atom is -0.352 e. The summed E-state index contributed by atoms with van der Waals surface area (Å²) in [5, 5.41) is 2.97. The molecule has 2 amide bonds. The van der Waals surface area contributed by atoms with Crippen LogP contribution in [0.25, 0.3) is 0 Å². The molecule has 7 nitrogen and oxygen atoms in total. The Hall–Kier alpha value is -1.93. The van der Waals surface area contributed by atoms with E-state index in [1.54, 1.807) is 12.1 Å². The van der Waals surface area contributed by atoms with Gasteiger partial charge >= 0.3 is 0 Å². The number of hydrogen-bond acceptors (Lipinski definition) is 4. The van der Waals surface area contributed by atoms with Crippen LogP contribution in [-0.4, -0.2) is 50.3 Å². The highest BCUT2D eigenvalue weighted by molar-refractivity contribution is 7.89. The van der Waals surface area contributed by atoms with Crippen LogP contribution in [0.4, 0.5) is 0 Å². The first kappa shape index (κ1) is 23.3. The Kier molecular flexibility index (Phi) is 7.82. The molecule has 29 heavy (non-hydrogen) atoms. The number of aryl methyl sites for hydroxylation is 1. The second-order valence-corrected chi connectivity index (χ2v) is 10.1. The molecule has 0 aliphatic carbocycles. The first-order valence-electron chi connectivity index (χ1n) is 10.2. The van der Waals surface area contributed by atoms with Gasteiger partial charge in [-0.2, -0.15) is 4.72 Å². The van der Waals surface area contributed by atoms with E-state index in [4.69, 9.17) is 0 Å². The van der Waals surface area contributed by atoms with Crippen molar-refractivity contribution in [1.29, 1.82) is 0 Å². The van der Waals surface area contributed by atoms with Gasteiger partial charge < -0.3 is 10.2 Å². The molecule has 1 saturated heterocycles. The number of piperidine rings is 1. The molecule has 8 heteroatoms. The lowest BCUT2D eigenvalue weighted by Crippen LogP contribution is -2.54. The van der Waals surface area contributed by atoms with Gasteiger partial charge in [-0.15, -0.1) is 0 Å². The predicted molar refractivity (Wildman–Crippen MR) is 113 cm³/mol. The maximum absolute atomic E-state index is 12.8. The number of benzene rings is 1. The van der Waals surface area contributed by atoms with Gasteiger partial charge in [-0.3, -0.25) is 9.59 Å². The van der Waals surface area contributed by atoms with Gasteiger partial charge in [0.25, 0.3) is 0 Å². The smallest absolute Gasteiger partial charge is 0.241 e. The van der Waals surface area contributed by atoms with Crippen LogP contribution in [0.2, 0.25) is 0 Å². The first-order chi connectivity index (χ1) is 13.5. The number of nitrogens with one attached hydrogen (secondary N) is 2. The fraction of sp³-hybridized carbons (Fsp3) is 0.619. The first-order valence-corrected chi connectivity index (χ1v) is 11.7. The Morgan fingerprint density at radius 3 is 2.07 bits per heavy atom. The zero-order valence-electron chi connectivity index (χ0n) is 17.9. The molecule has 0 bridgehead atoms. The van der Waals surface area contributed by atoms with Gasteiger partial charge in [-0.05, 0) is 37.8 Å². The number of carbonyl (C=O) groups is 2. The van der Waals surface area contributed by atoms with E-state index in [9.17, 15) is 18.0 Å². The summed E-state index contributed by atoms with van der Waals surface area (Å²) in [4.78, 5) is 26.9. The van der Waals surface area contributed by atoms with Gasteiger partial charge in [-0.1, -0.05) is 45.4 Å². The molecule has 0 aromatic heterocycles. The average molecular weight is 424 g/mol. The predicted octanol–water partition coefficient (Wildman–Crippen LogP) is 2.06. The van der Waals surface area contributed by atoms with Crippen molar-refractivity contribution >= 4 is 21.8 Å². The summed E-state index contributed by atoms with van der Waals surface area (Å²) < 4.78 is 28.0. The van der Waals surface area contributed by atoms with Gasteiger partial charge in [0, 0.05) is 25.0 Å². The molecule has 0 saturated carbocycles. The molecule has 2 N–H and O–H groups in total. The number of sulfonamides is 1. The van der Waals surface area contributed by atoms with Crippen LogP contribution in [0.3, 0.4) is 0 Å². The van der Waals surface area contributed by atoms with E-state index in [1.165, 1.54) is 12.1 Å². The van der Waals surface area contributed by atoms with Crippen LogP contribution in [0.5, 0.6) is 0 Å². The second-order valence-electron chi connectivity index (χ2n) is 8.42. The molecule has 0 spiro atoms. The van der Waals surface area contributed by atoms with Crippen LogP contribution >= 0.6 is 0 Å². The molecule has 1 aliphatic rings. The lowest BCUT2D eigenvalue weighted by molar-refractivity contribution is -0.135. The Balaban J connectivity index is 2.00. The Labute approximate surface area is 174 Å². The molecule has 162 valence electrons. The number of rotatable bonds is 7. The molecule has 1 fully saturated rings. The van der Waals surface area contributed by atoms with E-state index >= 15 is 0 Å². The van der Waals surface area contributed by atoms with E-state index in [1.807, 2.05) is 39.5 Å². The van der Waals surface area contributed by atoms with Crippen molar-refractivity contribution in [1.82, 2.24) is 14.9 Å². The normalized spacial score (nSPS) is 16.9. The maximum atomic E-state index is 12.8. The van der Waals surface area contributed by atoms with Crippen LogP contribution < -0.4 is 10.0 Å². The lowest BCUT2D eigenvalue weighted by Gasteiger charge is -2.34. The van der Waals surface area contributed by atoms with Crippen molar-refractivity contribution in [3.05, 3.63) is 29.8 Å². The summed E-state index contributed by atoms with van der Waals surface area (Å²) in [7, 11) is -3.80. The highest BCUT2D eigenvalue weighted by Gasteiger charge is 2.31. The SMILES string of the molecule is Cc1ccc(S(=O)(=O)N[C@H](C(=O)NC2CCN(C(=O)C(C)C)CC2)C(C)C)cc1. The summed E-state index contributed by atoms with van der Waals surface area (Å²) in [5.74, 6) is -0.453. The van der Waals surface area contributed by atoms with Crippen molar-refractivity contribution < 1.29 is 18.0 Å². The number of nitrogens with zero attached hydrogens (tertiary/aromatic N) is 1. The average Bonchev–Trinajstić information content (AvgIpc) is 2.66. The van der Waals surface area contributed by atoms with Crippen molar-refractivity contribution in [2.24, 2.45) is 11.8 Å². The second kappa shape index (κ2) is 9.71. The summed E-state index contributed by atoms with van der Waals surface area (Å²) in [6, 6.07) is 5.60. The van der Waals surface area contributed by atoms with E-state index in [0.29, 0.717) is 25.9 Å². The van der Waals surface area contributed by atoms with E-state index in [2.05, 4.69) is 10.0 Å². The Morgan fingerprint density at radius 2 is 1.59 bits per heavy atom. The van der Waals surface area contributed by atoms with Gasteiger partial charge in [0.05, 0.1) is 4.90 Å². The van der Waals surface area contributed by atoms with Crippen molar-refractivity contribution in [3.8, 4) is 0 Å². The van der Waals surface area contributed by atoms with Gasteiger partial charge in [-0.25, -0.2) is 8.42 Å². The standard InChI is InChI=1S/C21H33N3O4S/c1-14(2)19(23-29(27,28)18-8-6-16(5)7-9-18)20(25)22-17-10-12-24(13-11-17)21(26)15(3)4/h6-9,14-15,17,19,23H,10-13H2,1-5H3,(H,22,25)/t19-/m0/s1. The molecular formula is C21H33N3O4S. The van der Waals surface area contributed by atoms with E-state index < -0.39 is 16.1 Å². The van der Waals surface area contributed by atoms with Crippen LogP contribution in [0, 0.1) is 18.8 Å². The molecule has 1 aliphatic heterocycles. The largest absolute Gasteiger partial charge is 0.352 e. The van der Waals surface area contributed by atoms with E-state index in [0.717, 1.165) is 5.56 Å². The van der Waals surface area contributed by atoms with Gasteiger partial charge in [0.1, 0.15) is 6.04 Å². The molecule has 1 aromatic carbocycles. The fourth-order valence-electron chi connectivity index (χ4n) is 3.35. The molecule has 2 rings (SSSR count). The molecule has 1 heterocycles. The maximum Gasteiger partial charge on any atom is 0.241 e. The number of likely N-dealkylation sites (tertiary alicyclic amines) is 1. The Morgan fingerprint density at radius 1 is 1.03 bits per heavy atom. The number of carbonyl (C=O) groups excluding carboxylic acids is 2. The third-order valence-corrected chi connectivity index (χ3v) is 6.67. The lowest BCUT2D eigenvalue weighted by atomic mass is 10.0. The molecular weight excluding hydrogens is 390 g/mol. The quantitative estimate of drug-likeness (QED) is 0.702. The summed E-state index contributed by atoms with van der Waals surface area (Å²) in [6.45, 7) is 10.5. The molecule has 0 unspecified atom stereocenters. The van der Waals surface area contributed by atoms with Crippen LogP contribution in [0.15, 0.2) is 29.2 Å². The van der Waals surface area contributed by atoms with Crippen molar-refractivity contribution in [3.63, 3.8) is 0 Å². The highest BCUT2D eigenvalue weighted by atomic mass is 32.2.